The number of aromatic nitrogens is 1. The Labute approximate surface area is 157 Å². The Morgan fingerprint density at radius 2 is 2.00 bits per heavy atom. The van der Waals surface area contributed by atoms with Gasteiger partial charge in [0.05, 0.1) is 5.71 Å². The first-order chi connectivity index (χ1) is 13.1. The summed E-state index contributed by atoms with van der Waals surface area (Å²) in [5, 5.41) is 9.53. The van der Waals surface area contributed by atoms with Crippen LogP contribution < -0.4 is 10.6 Å². The predicted molar refractivity (Wildman–Crippen MR) is 101 cm³/mol. The van der Waals surface area contributed by atoms with Crippen molar-refractivity contribution in [2.45, 2.75) is 32.4 Å². The Morgan fingerprint density at radius 3 is 2.74 bits per heavy atom. The van der Waals surface area contributed by atoms with Crippen LogP contribution in [0.4, 0.5) is 0 Å². The minimum absolute atomic E-state index is 0.136. The van der Waals surface area contributed by atoms with Crippen molar-refractivity contribution in [1.82, 2.24) is 15.6 Å². The van der Waals surface area contributed by atoms with Gasteiger partial charge in [-0.1, -0.05) is 41.1 Å². The van der Waals surface area contributed by atoms with Crippen LogP contribution in [0.2, 0.25) is 0 Å². The molecular weight excluding hydrogens is 344 g/mol. The molecule has 0 bridgehead atoms. The summed E-state index contributed by atoms with van der Waals surface area (Å²) in [6.07, 6.45) is 3.34. The molecular formula is C20H22N4O3. The largest absolute Gasteiger partial charge is 0.382 e. The van der Waals surface area contributed by atoms with Crippen molar-refractivity contribution in [2.75, 3.05) is 6.54 Å². The molecule has 1 unspecified atom stereocenters. The molecule has 7 heteroatoms. The molecule has 1 aromatic heterocycles. The average Bonchev–Trinajstić information content (AvgIpc) is 3.18. The highest BCUT2D eigenvalue weighted by atomic mass is 16.6. The number of amides is 2. The highest BCUT2D eigenvalue weighted by Gasteiger charge is 2.28. The van der Waals surface area contributed by atoms with Crippen LogP contribution in [-0.2, 0) is 21.0 Å². The number of aryl methyl sites for hydroxylation is 1. The first-order valence-electron chi connectivity index (χ1n) is 8.85. The molecule has 140 valence electrons. The van der Waals surface area contributed by atoms with E-state index in [1.165, 1.54) is 0 Å². The van der Waals surface area contributed by atoms with E-state index in [1.54, 1.807) is 12.4 Å². The fourth-order valence-corrected chi connectivity index (χ4v) is 2.64. The van der Waals surface area contributed by atoms with Crippen LogP contribution in [0.15, 0.2) is 53.9 Å². The summed E-state index contributed by atoms with van der Waals surface area (Å²) in [6.45, 7) is 2.68. The molecule has 1 aliphatic heterocycles. The summed E-state index contributed by atoms with van der Waals surface area (Å²) in [7, 11) is 0. The van der Waals surface area contributed by atoms with Crippen LogP contribution in [0.25, 0.3) is 0 Å². The molecule has 2 aromatic rings. The van der Waals surface area contributed by atoms with E-state index < -0.39 is 6.10 Å². The minimum atomic E-state index is -0.653. The van der Waals surface area contributed by atoms with Gasteiger partial charge < -0.3 is 15.5 Å². The molecule has 0 saturated heterocycles. The molecule has 2 amide bonds. The number of nitrogens with one attached hydrogen (secondary N) is 2. The Morgan fingerprint density at radius 1 is 1.19 bits per heavy atom. The van der Waals surface area contributed by atoms with Crippen molar-refractivity contribution in [1.29, 1.82) is 0 Å². The molecule has 2 N–H and O–H groups in total. The average molecular weight is 366 g/mol. The summed E-state index contributed by atoms with van der Waals surface area (Å²) in [5.74, 6) is -0.399. The van der Waals surface area contributed by atoms with Gasteiger partial charge in [0.2, 0.25) is 12.0 Å². The van der Waals surface area contributed by atoms with Gasteiger partial charge in [-0.25, -0.2) is 0 Å². The van der Waals surface area contributed by atoms with Crippen molar-refractivity contribution in [3.63, 3.8) is 0 Å². The second kappa shape index (κ2) is 8.93. The van der Waals surface area contributed by atoms with Gasteiger partial charge in [0.25, 0.3) is 5.91 Å². The van der Waals surface area contributed by atoms with Gasteiger partial charge in [0, 0.05) is 38.3 Å². The molecule has 3 rings (SSSR count). The third-order valence-corrected chi connectivity index (χ3v) is 4.21. The molecule has 27 heavy (non-hydrogen) atoms. The Bertz CT molecular complexity index is 819. The molecule has 1 aromatic carbocycles. The zero-order chi connectivity index (χ0) is 19.1. The molecule has 1 aliphatic rings. The number of carbonyl (C=O) groups is 2. The van der Waals surface area contributed by atoms with Crippen LogP contribution in [0.5, 0.6) is 0 Å². The third kappa shape index (κ3) is 5.37. The van der Waals surface area contributed by atoms with E-state index in [1.807, 2.05) is 43.3 Å². The van der Waals surface area contributed by atoms with Crippen molar-refractivity contribution in [2.24, 2.45) is 5.16 Å². The fourth-order valence-electron chi connectivity index (χ4n) is 2.64. The van der Waals surface area contributed by atoms with Crippen LogP contribution in [-0.4, -0.2) is 35.2 Å². The minimum Gasteiger partial charge on any atom is -0.382 e. The molecule has 0 saturated carbocycles. The van der Waals surface area contributed by atoms with Crippen molar-refractivity contribution < 1.29 is 14.4 Å². The highest BCUT2D eigenvalue weighted by Crippen LogP contribution is 2.17. The summed E-state index contributed by atoms with van der Waals surface area (Å²) in [4.78, 5) is 33.3. The van der Waals surface area contributed by atoms with Crippen molar-refractivity contribution in [3.8, 4) is 0 Å². The smallest absolute Gasteiger partial charge is 0.264 e. The van der Waals surface area contributed by atoms with Crippen molar-refractivity contribution in [3.05, 3.63) is 65.5 Å². The molecule has 0 fully saturated rings. The Kier molecular flexibility index (Phi) is 6.14. The second-order valence-electron chi connectivity index (χ2n) is 6.38. The lowest BCUT2D eigenvalue weighted by Gasteiger charge is -2.10. The van der Waals surface area contributed by atoms with Gasteiger partial charge in [0.15, 0.2) is 0 Å². The molecule has 0 spiro atoms. The quantitative estimate of drug-likeness (QED) is 0.780. The van der Waals surface area contributed by atoms with Gasteiger partial charge in [-0.2, -0.15) is 0 Å². The van der Waals surface area contributed by atoms with Gasteiger partial charge in [-0.15, -0.1) is 0 Å². The lowest BCUT2D eigenvalue weighted by Crippen LogP contribution is -2.37. The normalized spacial score (nSPS) is 15.6. The molecule has 0 aliphatic carbocycles. The molecule has 1 atom stereocenters. The maximum absolute atomic E-state index is 12.2. The van der Waals surface area contributed by atoms with E-state index in [0.29, 0.717) is 13.0 Å². The third-order valence-electron chi connectivity index (χ3n) is 4.21. The summed E-state index contributed by atoms with van der Waals surface area (Å²) >= 11 is 0. The van der Waals surface area contributed by atoms with Gasteiger partial charge in [0.1, 0.15) is 0 Å². The van der Waals surface area contributed by atoms with E-state index in [2.05, 4.69) is 20.8 Å². The van der Waals surface area contributed by atoms with Gasteiger partial charge in [-0.05, 0) is 24.1 Å². The van der Waals surface area contributed by atoms with Gasteiger partial charge in [-0.3, -0.25) is 14.6 Å². The predicted octanol–water partition coefficient (Wildman–Crippen LogP) is 1.71. The Balaban J connectivity index is 1.36. The van der Waals surface area contributed by atoms with E-state index in [4.69, 9.17) is 4.84 Å². The van der Waals surface area contributed by atoms with Crippen LogP contribution >= 0.6 is 0 Å². The number of pyridine rings is 1. The fraction of sp³-hybridized carbons (Fsp3) is 0.300. The first kappa shape index (κ1) is 18.6. The zero-order valence-electron chi connectivity index (χ0n) is 15.1. The summed E-state index contributed by atoms with van der Waals surface area (Å²) in [5.41, 5.74) is 3.79. The Hall–Kier alpha value is -3.22. The summed E-state index contributed by atoms with van der Waals surface area (Å²) < 4.78 is 0. The number of benzene rings is 1. The zero-order valence-corrected chi connectivity index (χ0v) is 15.1. The number of nitrogens with zero attached hydrogens (tertiary/aromatic N) is 2. The molecule has 0 radical (unpaired) electrons. The standard InChI is InChI=1S/C20H22N4O3/c1-14-4-6-16(7-5-14)17-11-18(27-24-17)20(26)22-10-8-19(25)23-13-15-3-2-9-21-12-15/h2-7,9,12,18H,8,10-11,13H2,1H3,(H,22,26)(H,23,25). The molecule has 2 heterocycles. The number of oxime groups is 1. The summed E-state index contributed by atoms with van der Waals surface area (Å²) in [6, 6.07) is 11.6. The van der Waals surface area contributed by atoms with E-state index in [0.717, 1.165) is 22.4 Å². The van der Waals surface area contributed by atoms with Crippen LogP contribution in [0.1, 0.15) is 29.5 Å². The second-order valence-corrected chi connectivity index (χ2v) is 6.38. The topological polar surface area (TPSA) is 92.7 Å². The van der Waals surface area contributed by atoms with Crippen LogP contribution in [0, 0.1) is 6.92 Å². The lowest BCUT2D eigenvalue weighted by atomic mass is 10.0. The molecule has 7 nitrogen and oxygen atoms in total. The van der Waals surface area contributed by atoms with E-state index in [-0.39, 0.29) is 24.8 Å². The van der Waals surface area contributed by atoms with Crippen LogP contribution in [0.3, 0.4) is 0 Å². The SMILES string of the molecule is Cc1ccc(C2=NOC(C(=O)NCCC(=O)NCc3cccnc3)C2)cc1. The number of rotatable bonds is 7. The lowest BCUT2D eigenvalue weighted by molar-refractivity contribution is -0.131. The van der Waals surface area contributed by atoms with Crippen molar-refractivity contribution >= 4 is 17.5 Å². The van der Waals surface area contributed by atoms with Gasteiger partial charge >= 0.3 is 0 Å². The van der Waals surface area contributed by atoms with E-state index in [9.17, 15) is 9.59 Å². The maximum atomic E-state index is 12.2. The number of hydrogen-bond donors (Lipinski definition) is 2. The number of hydrogen-bond acceptors (Lipinski definition) is 5. The number of carbonyl (C=O) groups excluding carboxylic acids is 2. The monoisotopic (exact) mass is 366 g/mol. The van der Waals surface area contributed by atoms with E-state index >= 15 is 0 Å². The highest BCUT2D eigenvalue weighted by molar-refractivity contribution is 6.04. The maximum Gasteiger partial charge on any atom is 0.264 e. The first-order valence-corrected chi connectivity index (χ1v) is 8.85.